The normalized spacial score (nSPS) is 8.11. The molecule has 0 aromatic carbocycles. The molecule has 0 atom stereocenters. The third-order valence-electron chi connectivity index (χ3n) is 0.906. The van der Waals surface area contributed by atoms with Gasteiger partial charge in [0.15, 0.2) is 0 Å². The minimum Gasteiger partial charge on any atom is -0.395 e. The minimum atomic E-state index is -0.399. The molecule has 3 nitrogen and oxygen atoms in total. The molecular formula is C6H9NO2. The molecule has 0 aliphatic rings. The average Bonchev–Trinajstić information content (AvgIpc) is 1.87. The molecule has 0 spiro atoms. The van der Waals surface area contributed by atoms with Crippen molar-refractivity contribution in [2.45, 2.75) is 0 Å². The molecule has 0 rings (SSSR count). The van der Waals surface area contributed by atoms with Gasteiger partial charge in [-0.3, -0.25) is 4.79 Å². The number of hydrogen-bond acceptors (Lipinski definition) is 2. The number of aliphatic hydroxyl groups excluding tert-OH is 1. The lowest BCUT2D eigenvalue weighted by molar-refractivity contribution is -0.124. The first kappa shape index (κ1) is 7.99. The fraction of sp³-hybridized carbons (Fsp3) is 0.500. The zero-order valence-corrected chi connectivity index (χ0v) is 5.29. The summed E-state index contributed by atoms with van der Waals surface area (Å²) in [5.74, 6) is 1.53. The van der Waals surface area contributed by atoms with E-state index in [2.05, 4.69) is 0 Å². The highest BCUT2D eigenvalue weighted by Gasteiger charge is 2.00. The highest BCUT2D eigenvalue weighted by molar-refractivity contribution is 5.92. The van der Waals surface area contributed by atoms with Gasteiger partial charge in [-0.05, 0) is 5.92 Å². The van der Waals surface area contributed by atoms with E-state index in [0.29, 0.717) is 6.54 Å². The second kappa shape index (κ2) is 3.93. The molecule has 0 aliphatic heterocycles. The first-order chi connectivity index (χ1) is 4.22. The van der Waals surface area contributed by atoms with E-state index in [1.165, 1.54) is 4.90 Å². The van der Waals surface area contributed by atoms with Crippen molar-refractivity contribution in [3.8, 4) is 12.3 Å². The van der Waals surface area contributed by atoms with Gasteiger partial charge in [0, 0.05) is 13.6 Å². The topological polar surface area (TPSA) is 40.5 Å². The third-order valence-corrected chi connectivity index (χ3v) is 0.906. The molecule has 0 aromatic heterocycles. The first-order valence-corrected chi connectivity index (χ1v) is 2.55. The van der Waals surface area contributed by atoms with Gasteiger partial charge in [0.2, 0.25) is 0 Å². The number of nitrogens with zero attached hydrogens (tertiary/aromatic N) is 1. The van der Waals surface area contributed by atoms with Crippen LogP contribution in [0, 0.1) is 12.3 Å². The first-order valence-electron chi connectivity index (χ1n) is 2.55. The number of carbonyl (C=O) groups excluding carboxylic acids is 1. The van der Waals surface area contributed by atoms with Gasteiger partial charge in [-0.15, -0.1) is 6.42 Å². The number of carbonyl (C=O) groups is 1. The fourth-order valence-corrected chi connectivity index (χ4v) is 0.362. The average molecular weight is 127 g/mol. The van der Waals surface area contributed by atoms with Crippen molar-refractivity contribution in [2.75, 3.05) is 20.2 Å². The molecule has 0 bridgehead atoms. The van der Waals surface area contributed by atoms with Gasteiger partial charge in [-0.2, -0.15) is 0 Å². The van der Waals surface area contributed by atoms with Crippen molar-refractivity contribution in [3.05, 3.63) is 0 Å². The molecule has 0 aliphatic carbocycles. The van der Waals surface area contributed by atoms with Crippen LogP contribution in [0.4, 0.5) is 0 Å². The van der Waals surface area contributed by atoms with Gasteiger partial charge in [0.25, 0.3) is 5.91 Å². The lowest BCUT2D eigenvalue weighted by atomic mass is 10.5. The summed E-state index contributed by atoms with van der Waals surface area (Å²) in [6, 6.07) is 0. The standard InChI is InChI=1S/C6H9NO2/c1-3-6(9)7(2)4-5-8/h1,8H,4-5H2,2H3. The van der Waals surface area contributed by atoms with Gasteiger partial charge in [0.1, 0.15) is 0 Å². The van der Waals surface area contributed by atoms with Crippen LogP contribution in [-0.4, -0.2) is 36.1 Å². The quantitative estimate of drug-likeness (QED) is 0.487. The Morgan fingerprint density at radius 1 is 1.89 bits per heavy atom. The van der Waals surface area contributed by atoms with Crippen LogP contribution in [0.3, 0.4) is 0 Å². The Balaban J connectivity index is 3.62. The molecule has 0 aromatic rings. The molecular weight excluding hydrogens is 118 g/mol. The lowest BCUT2D eigenvalue weighted by Crippen LogP contribution is -2.27. The Bertz CT molecular complexity index is 136. The predicted molar refractivity (Wildman–Crippen MR) is 33.6 cm³/mol. The van der Waals surface area contributed by atoms with Gasteiger partial charge in [-0.1, -0.05) is 0 Å². The van der Waals surface area contributed by atoms with E-state index in [-0.39, 0.29) is 6.61 Å². The molecule has 0 radical (unpaired) electrons. The minimum absolute atomic E-state index is 0.0517. The summed E-state index contributed by atoms with van der Waals surface area (Å²) in [7, 11) is 1.54. The van der Waals surface area contributed by atoms with Crippen LogP contribution in [0.2, 0.25) is 0 Å². The monoisotopic (exact) mass is 127 g/mol. The van der Waals surface area contributed by atoms with E-state index in [0.717, 1.165) is 0 Å². The summed E-state index contributed by atoms with van der Waals surface area (Å²) in [6.45, 7) is 0.243. The van der Waals surface area contributed by atoms with E-state index in [4.69, 9.17) is 11.5 Å². The van der Waals surface area contributed by atoms with E-state index in [1.54, 1.807) is 7.05 Å². The van der Waals surface area contributed by atoms with E-state index in [9.17, 15) is 4.79 Å². The van der Waals surface area contributed by atoms with Crippen LogP contribution < -0.4 is 0 Å². The number of likely N-dealkylation sites (N-methyl/N-ethyl adjacent to an activating group) is 1. The molecule has 0 fully saturated rings. The zero-order valence-electron chi connectivity index (χ0n) is 5.29. The van der Waals surface area contributed by atoms with Crippen molar-refractivity contribution >= 4 is 5.91 Å². The van der Waals surface area contributed by atoms with Crippen LogP contribution in [0.15, 0.2) is 0 Å². The Hall–Kier alpha value is -1.01. The molecule has 50 valence electrons. The molecule has 0 saturated carbocycles. The Kier molecular flexibility index (Phi) is 3.49. The lowest BCUT2D eigenvalue weighted by Gasteiger charge is -2.10. The smallest absolute Gasteiger partial charge is 0.298 e. The van der Waals surface area contributed by atoms with Crippen molar-refractivity contribution < 1.29 is 9.90 Å². The number of terminal acetylenes is 1. The molecule has 3 heteroatoms. The van der Waals surface area contributed by atoms with Crippen molar-refractivity contribution in [3.63, 3.8) is 0 Å². The van der Waals surface area contributed by atoms with E-state index in [1.807, 2.05) is 5.92 Å². The SMILES string of the molecule is C#CC(=O)N(C)CCO. The Morgan fingerprint density at radius 2 is 2.44 bits per heavy atom. The maximum atomic E-state index is 10.5. The van der Waals surface area contributed by atoms with E-state index < -0.39 is 5.91 Å². The summed E-state index contributed by atoms with van der Waals surface area (Å²) in [4.78, 5) is 11.8. The van der Waals surface area contributed by atoms with Crippen molar-refractivity contribution in [2.24, 2.45) is 0 Å². The zero-order chi connectivity index (χ0) is 7.28. The van der Waals surface area contributed by atoms with Crippen LogP contribution in [-0.2, 0) is 4.79 Å². The van der Waals surface area contributed by atoms with Gasteiger partial charge in [-0.25, -0.2) is 0 Å². The summed E-state index contributed by atoms with van der Waals surface area (Å²) < 4.78 is 0. The van der Waals surface area contributed by atoms with Gasteiger partial charge in [0.05, 0.1) is 6.61 Å². The van der Waals surface area contributed by atoms with Crippen LogP contribution in [0.5, 0.6) is 0 Å². The second-order valence-corrected chi connectivity index (χ2v) is 1.59. The summed E-state index contributed by atoms with van der Waals surface area (Å²) in [5, 5.41) is 8.32. The summed E-state index contributed by atoms with van der Waals surface area (Å²) >= 11 is 0. The van der Waals surface area contributed by atoms with E-state index >= 15 is 0 Å². The van der Waals surface area contributed by atoms with Crippen LogP contribution in [0.1, 0.15) is 0 Å². The van der Waals surface area contributed by atoms with Gasteiger partial charge < -0.3 is 10.0 Å². The molecule has 9 heavy (non-hydrogen) atoms. The molecule has 0 heterocycles. The molecule has 1 N–H and O–H groups in total. The van der Waals surface area contributed by atoms with Crippen LogP contribution >= 0.6 is 0 Å². The molecule has 0 saturated heterocycles. The molecule has 0 unspecified atom stereocenters. The maximum Gasteiger partial charge on any atom is 0.298 e. The highest BCUT2D eigenvalue weighted by Crippen LogP contribution is 1.79. The number of rotatable bonds is 2. The Morgan fingerprint density at radius 3 is 2.78 bits per heavy atom. The second-order valence-electron chi connectivity index (χ2n) is 1.59. The van der Waals surface area contributed by atoms with Crippen molar-refractivity contribution in [1.82, 2.24) is 4.90 Å². The Labute approximate surface area is 54.3 Å². The largest absolute Gasteiger partial charge is 0.395 e. The van der Waals surface area contributed by atoms with Gasteiger partial charge >= 0.3 is 0 Å². The molecule has 1 amide bonds. The number of aliphatic hydroxyl groups is 1. The summed E-state index contributed by atoms with van der Waals surface area (Å²) in [6.07, 6.45) is 4.78. The van der Waals surface area contributed by atoms with Crippen LogP contribution in [0.25, 0.3) is 0 Å². The number of hydrogen-bond donors (Lipinski definition) is 1. The highest BCUT2D eigenvalue weighted by atomic mass is 16.3. The van der Waals surface area contributed by atoms with Crippen molar-refractivity contribution in [1.29, 1.82) is 0 Å². The predicted octanol–water partition coefficient (Wildman–Crippen LogP) is -0.930. The third kappa shape index (κ3) is 2.73. The maximum absolute atomic E-state index is 10.5. The number of amides is 1. The fourth-order valence-electron chi connectivity index (χ4n) is 0.362. The summed E-state index contributed by atoms with van der Waals surface area (Å²) in [5.41, 5.74) is 0.